The number of ether oxygens (including phenoxy) is 3. The zero-order chi connectivity index (χ0) is 15.9. The Kier molecular flexibility index (Phi) is 6.34. The summed E-state index contributed by atoms with van der Waals surface area (Å²) in [5.41, 5.74) is 0.687. The molecule has 2 unspecified atom stereocenters. The van der Waals surface area contributed by atoms with E-state index in [-0.39, 0.29) is 5.97 Å². The van der Waals surface area contributed by atoms with Gasteiger partial charge in [-0.2, -0.15) is 0 Å². The third-order valence-corrected chi connectivity index (χ3v) is 3.69. The summed E-state index contributed by atoms with van der Waals surface area (Å²) >= 11 is 6.04. The molecule has 0 aromatic heterocycles. The van der Waals surface area contributed by atoms with E-state index in [1.165, 1.54) is 0 Å². The highest BCUT2D eigenvalue weighted by Crippen LogP contribution is 2.29. The van der Waals surface area contributed by atoms with Crippen molar-refractivity contribution in [2.24, 2.45) is 5.92 Å². The van der Waals surface area contributed by atoms with Gasteiger partial charge in [-0.15, -0.1) is 0 Å². The minimum atomic E-state index is -0.476. The van der Waals surface area contributed by atoms with Crippen LogP contribution in [0.3, 0.4) is 0 Å². The summed E-state index contributed by atoms with van der Waals surface area (Å²) in [4.78, 5) is 11.7. The maximum atomic E-state index is 11.7. The van der Waals surface area contributed by atoms with Gasteiger partial charge in [-0.1, -0.05) is 11.6 Å². The van der Waals surface area contributed by atoms with Crippen LogP contribution in [-0.2, 0) is 14.3 Å². The molecular weight excluding hydrogens is 306 g/mol. The van der Waals surface area contributed by atoms with E-state index in [0.29, 0.717) is 35.6 Å². The first kappa shape index (κ1) is 16.9. The molecule has 22 heavy (non-hydrogen) atoms. The standard InChI is InChI=1S/C16H22ClNO4/c1-3-21-16(19)11(2)18-14-8-13(17)4-5-15(14)22-10-12-6-7-20-9-12/h4-5,8,11-12,18H,3,6-7,9-10H2,1-2H3. The molecule has 1 aliphatic rings. The summed E-state index contributed by atoms with van der Waals surface area (Å²) < 4.78 is 16.2. The molecule has 0 aliphatic carbocycles. The Balaban J connectivity index is 2.01. The van der Waals surface area contributed by atoms with Crippen LogP contribution in [-0.4, -0.2) is 38.4 Å². The van der Waals surface area contributed by atoms with Crippen LogP contribution in [0, 0.1) is 5.92 Å². The van der Waals surface area contributed by atoms with Crippen molar-refractivity contribution in [3.05, 3.63) is 23.2 Å². The minimum absolute atomic E-state index is 0.308. The van der Waals surface area contributed by atoms with E-state index in [9.17, 15) is 4.79 Å². The zero-order valence-corrected chi connectivity index (χ0v) is 13.7. The monoisotopic (exact) mass is 327 g/mol. The fourth-order valence-electron chi connectivity index (χ4n) is 2.22. The first-order valence-electron chi connectivity index (χ1n) is 7.53. The van der Waals surface area contributed by atoms with Crippen LogP contribution >= 0.6 is 11.6 Å². The molecule has 1 aliphatic heterocycles. The lowest BCUT2D eigenvalue weighted by molar-refractivity contribution is -0.143. The maximum Gasteiger partial charge on any atom is 0.328 e. The summed E-state index contributed by atoms with van der Waals surface area (Å²) in [6, 6.07) is 4.84. The summed E-state index contributed by atoms with van der Waals surface area (Å²) in [7, 11) is 0. The maximum absolute atomic E-state index is 11.7. The zero-order valence-electron chi connectivity index (χ0n) is 12.9. The van der Waals surface area contributed by atoms with E-state index < -0.39 is 6.04 Å². The highest BCUT2D eigenvalue weighted by atomic mass is 35.5. The fraction of sp³-hybridized carbons (Fsp3) is 0.562. The van der Waals surface area contributed by atoms with Crippen LogP contribution < -0.4 is 10.1 Å². The molecule has 5 nitrogen and oxygen atoms in total. The molecule has 1 fully saturated rings. The lowest BCUT2D eigenvalue weighted by atomic mass is 10.1. The number of carbonyl (C=O) groups is 1. The fourth-order valence-corrected chi connectivity index (χ4v) is 2.39. The molecule has 1 aromatic rings. The normalized spacial score (nSPS) is 18.8. The van der Waals surface area contributed by atoms with Gasteiger partial charge in [0.15, 0.2) is 0 Å². The van der Waals surface area contributed by atoms with Crippen molar-refractivity contribution in [3.8, 4) is 5.75 Å². The molecule has 0 radical (unpaired) electrons. The number of benzene rings is 1. The topological polar surface area (TPSA) is 56.8 Å². The first-order valence-corrected chi connectivity index (χ1v) is 7.91. The molecule has 0 amide bonds. The van der Waals surface area contributed by atoms with Gasteiger partial charge < -0.3 is 19.5 Å². The molecule has 1 N–H and O–H groups in total. The van der Waals surface area contributed by atoms with Crippen LogP contribution in [0.1, 0.15) is 20.3 Å². The molecule has 1 heterocycles. The third-order valence-electron chi connectivity index (χ3n) is 3.45. The molecule has 0 spiro atoms. The Morgan fingerprint density at radius 1 is 1.55 bits per heavy atom. The molecule has 122 valence electrons. The van der Waals surface area contributed by atoms with Crippen molar-refractivity contribution in [2.45, 2.75) is 26.3 Å². The Bertz CT molecular complexity index is 503. The van der Waals surface area contributed by atoms with Gasteiger partial charge in [0.2, 0.25) is 0 Å². The predicted molar refractivity (Wildman–Crippen MR) is 85.6 cm³/mol. The van der Waals surface area contributed by atoms with E-state index in [1.807, 2.05) is 0 Å². The van der Waals surface area contributed by atoms with Crippen LogP contribution in [0.5, 0.6) is 5.75 Å². The summed E-state index contributed by atoms with van der Waals surface area (Å²) in [6.45, 7) is 5.99. The van der Waals surface area contributed by atoms with Gasteiger partial charge in [0.05, 0.1) is 25.5 Å². The number of rotatable bonds is 7. The van der Waals surface area contributed by atoms with E-state index >= 15 is 0 Å². The van der Waals surface area contributed by atoms with Crippen molar-refractivity contribution in [3.63, 3.8) is 0 Å². The average molecular weight is 328 g/mol. The molecular formula is C16H22ClNO4. The Labute approximate surface area is 135 Å². The summed E-state index contributed by atoms with van der Waals surface area (Å²) in [5.74, 6) is 0.774. The Hall–Kier alpha value is -1.46. The van der Waals surface area contributed by atoms with Crippen molar-refractivity contribution in [2.75, 3.05) is 31.7 Å². The van der Waals surface area contributed by atoms with Crippen molar-refractivity contribution in [1.82, 2.24) is 0 Å². The summed E-state index contributed by atoms with van der Waals surface area (Å²) in [5, 5.41) is 3.67. The van der Waals surface area contributed by atoms with E-state index in [2.05, 4.69) is 5.32 Å². The van der Waals surface area contributed by atoms with Crippen LogP contribution in [0.4, 0.5) is 5.69 Å². The second-order valence-corrected chi connectivity index (χ2v) is 5.74. The lowest BCUT2D eigenvalue weighted by Crippen LogP contribution is -2.28. The molecule has 2 rings (SSSR count). The third kappa shape index (κ3) is 4.78. The number of hydrogen-bond acceptors (Lipinski definition) is 5. The minimum Gasteiger partial charge on any atom is -0.491 e. The number of hydrogen-bond donors (Lipinski definition) is 1. The largest absolute Gasteiger partial charge is 0.491 e. The molecule has 6 heteroatoms. The van der Waals surface area contributed by atoms with Crippen molar-refractivity contribution >= 4 is 23.3 Å². The van der Waals surface area contributed by atoms with Gasteiger partial charge in [0.1, 0.15) is 11.8 Å². The van der Waals surface area contributed by atoms with E-state index in [4.69, 9.17) is 25.8 Å². The van der Waals surface area contributed by atoms with Crippen LogP contribution in [0.2, 0.25) is 5.02 Å². The second kappa shape index (κ2) is 8.25. The second-order valence-electron chi connectivity index (χ2n) is 5.30. The molecule has 1 saturated heterocycles. The highest BCUT2D eigenvalue weighted by Gasteiger charge is 2.19. The molecule has 1 aromatic carbocycles. The van der Waals surface area contributed by atoms with Crippen LogP contribution in [0.15, 0.2) is 18.2 Å². The Morgan fingerprint density at radius 2 is 2.36 bits per heavy atom. The molecule has 0 saturated carbocycles. The number of anilines is 1. The average Bonchev–Trinajstić information content (AvgIpc) is 3.00. The van der Waals surface area contributed by atoms with E-state index in [0.717, 1.165) is 19.6 Å². The van der Waals surface area contributed by atoms with Gasteiger partial charge in [-0.05, 0) is 38.5 Å². The number of esters is 1. The van der Waals surface area contributed by atoms with Gasteiger partial charge in [-0.25, -0.2) is 4.79 Å². The molecule has 0 bridgehead atoms. The van der Waals surface area contributed by atoms with Crippen molar-refractivity contribution < 1.29 is 19.0 Å². The van der Waals surface area contributed by atoms with Gasteiger partial charge in [-0.3, -0.25) is 0 Å². The first-order chi connectivity index (χ1) is 10.6. The quantitative estimate of drug-likeness (QED) is 0.780. The highest BCUT2D eigenvalue weighted by molar-refractivity contribution is 6.30. The van der Waals surface area contributed by atoms with E-state index in [1.54, 1.807) is 32.0 Å². The smallest absolute Gasteiger partial charge is 0.328 e. The van der Waals surface area contributed by atoms with Crippen molar-refractivity contribution in [1.29, 1.82) is 0 Å². The number of nitrogens with one attached hydrogen (secondary N) is 1. The SMILES string of the molecule is CCOC(=O)C(C)Nc1cc(Cl)ccc1OCC1CCOC1. The van der Waals surface area contributed by atoms with Gasteiger partial charge >= 0.3 is 5.97 Å². The summed E-state index contributed by atoms with van der Waals surface area (Å²) in [6.07, 6.45) is 1.01. The Morgan fingerprint density at radius 3 is 3.05 bits per heavy atom. The van der Waals surface area contributed by atoms with Gasteiger partial charge in [0.25, 0.3) is 0 Å². The van der Waals surface area contributed by atoms with Gasteiger partial charge in [0, 0.05) is 17.5 Å². The lowest BCUT2D eigenvalue weighted by Gasteiger charge is -2.18. The number of halogens is 1. The van der Waals surface area contributed by atoms with Crippen LogP contribution in [0.25, 0.3) is 0 Å². The predicted octanol–water partition coefficient (Wildman–Crippen LogP) is 3.12. The number of carbonyl (C=O) groups excluding carboxylic acids is 1. The molecule has 2 atom stereocenters.